The fourth-order valence-corrected chi connectivity index (χ4v) is 1.05. The number of ether oxygens (including phenoxy) is 2. The van der Waals surface area contributed by atoms with Crippen LogP contribution in [0.1, 0.15) is 0 Å². The van der Waals surface area contributed by atoms with Gasteiger partial charge in [-0.3, -0.25) is 0 Å². The molecule has 0 heterocycles. The summed E-state index contributed by atoms with van der Waals surface area (Å²) in [5.41, 5.74) is 0.752. The van der Waals surface area contributed by atoms with E-state index in [9.17, 15) is 0 Å². The van der Waals surface area contributed by atoms with E-state index in [0.717, 1.165) is 17.2 Å². The molecule has 0 unspecified atom stereocenters. The molecule has 1 rings (SSSR count). The Bertz CT molecular complexity index is 238. The minimum absolute atomic E-state index is 0.733. The molecule has 0 bridgehead atoms. The second-order valence-corrected chi connectivity index (χ2v) is 2.23. The van der Waals surface area contributed by atoms with Gasteiger partial charge in [0.25, 0.3) is 0 Å². The first-order valence-corrected chi connectivity index (χ1v) is 3.64. The van der Waals surface area contributed by atoms with Crippen molar-refractivity contribution >= 4 is 5.69 Å². The summed E-state index contributed by atoms with van der Waals surface area (Å²) in [6.45, 7) is 0. The number of nitrogens with zero attached hydrogens (tertiary/aromatic N) is 1. The topological polar surface area (TPSA) is 32.6 Å². The highest BCUT2D eigenvalue weighted by atomic mass is 16.5. The summed E-state index contributed by atoms with van der Waals surface area (Å²) in [7, 11) is 4.94. The first-order chi connectivity index (χ1) is 5.83. The van der Waals surface area contributed by atoms with Gasteiger partial charge in [-0.2, -0.15) is 0 Å². The molecular weight excluding hydrogens is 154 g/mol. The van der Waals surface area contributed by atoms with Gasteiger partial charge < -0.3 is 14.8 Å². The van der Waals surface area contributed by atoms with Crippen molar-refractivity contribution in [1.29, 1.82) is 0 Å². The van der Waals surface area contributed by atoms with E-state index in [1.807, 2.05) is 18.2 Å². The van der Waals surface area contributed by atoms with Gasteiger partial charge in [-0.25, -0.2) is 0 Å². The molecule has 0 N–H and O–H groups in total. The van der Waals surface area contributed by atoms with Crippen LogP contribution < -0.4 is 9.47 Å². The number of rotatable bonds is 3. The van der Waals surface area contributed by atoms with E-state index in [1.165, 1.54) is 0 Å². The third-order valence-corrected chi connectivity index (χ3v) is 1.63. The van der Waals surface area contributed by atoms with E-state index >= 15 is 0 Å². The lowest BCUT2D eigenvalue weighted by Gasteiger charge is -2.21. The molecule has 0 atom stereocenters. The molecule has 0 aliphatic heterocycles. The normalized spacial score (nSPS) is 9.25. The highest BCUT2D eigenvalue weighted by molar-refractivity contribution is 5.68. The Morgan fingerprint density at radius 1 is 1.08 bits per heavy atom. The lowest BCUT2D eigenvalue weighted by atomic mass is 10.2. The van der Waals surface area contributed by atoms with Crippen LogP contribution in [0.4, 0.5) is 5.69 Å². The van der Waals surface area contributed by atoms with Crippen LogP contribution in [0, 0.1) is 0 Å². The van der Waals surface area contributed by atoms with Gasteiger partial charge in [0, 0.05) is 0 Å². The van der Waals surface area contributed by atoms with Gasteiger partial charge in [-0.1, -0.05) is 11.8 Å². The zero-order chi connectivity index (χ0) is 8.97. The van der Waals surface area contributed by atoms with Crippen LogP contribution in [0.3, 0.4) is 0 Å². The zero-order valence-corrected chi connectivity index (χ0v) is 7.50. The molecule has 0 aliphatic carbocycles. The second kappa shape index (κ2) is 3.85. The largest absolute Gasteiger partial charge is 0.681 e. The van der Waals surface area contributed by atoms with Gasteiger partial charge in [-0.05, 0) is 12.1 Å². The van der Waals surface area contributed by atoms with E-state index < -0.39 is 0 Å². The third kappa shape index (κ3) is 1.44. The van der Waals surface area contributed by atoms with Gasteiger partial charge in [0.05, 0.1) is 14.2 Å². The van der Waals surface area contributed by atoms with Crippen molar-refractivity contribution in [2.45, 2.75) is 0 Å². The lowest BCUT2D eigenvalue weighted by molar-refractivity contribution is 0.398. The maximum Gasteiger partial charge on any atom is 0.107 e. The van der Waals surface area contributed by atoms with Crippen molar-refractivity contribution in [3.63, 3.8) is 0 Å². The van der Waals surface area contributed by atoms with Crippen molar-refractivity contribution < 1.29 is 9.47 Å². The Morgan fingerprint density at radius 3 is 1.92 bits per heavy atom. The van der Waals surface area contributed by atoms with Crippen molar-refractivity contribution in [3.8, 4) is 11.5 Å². The molecule has 1 aromatic carbocycles. The molecule has 0 aliphatic rings. The van der Waals surface area contributed by atoms with Gasteiger partial charge in [0.15, 0.2) is 0 Å². The summed E-state index contributed by atoms with van der Waals surface area (Å²) in [5.74, 6) is 1.47. The fraction of sp³-hybridized carbons (Fsp3) is 0.333. The van der Waals surface area contributed by atoms with Crippen molar-refractivity contribution in [2.24, 2.45) is 0 Å². The smallest absolute Gasteiger partial charge is 0.107 e. The van der Waals surface area contributed by atoms with Gasteiger partial charge >= 0.3 is 0 Å². The molecule has 0 amide bonds. The zero-order valence-electron chi connectivity index (χ0n) is 7.50. The predicted octanol–water partition coefficient (Wildman–Crippen LogP) is 2.34. The minimum Gasteiger partial charge on any atom is -0.681 e. The summed E-state index contributed by atoms with van der Waals surface area (Å²) in [5, 5.41) is 4.06. The average Bonchev–Trinajstić information content (AvgIpc) is 2.16. The molecule has 0 saturated heterocycles. The van der Waals surface area contributed by atoms with Crippen molar-refractivity contribution in [3.05, 3.63) is 23.5 Å². The predicted molar refractivity (Wildman–Crippen MR) is 48.5 cm³/mol. The van der Waals surface area contributed by atoms with Gasteiger partial charge in [0.1, 0.15) is 11.5 Å². The highest BCUT2D eigenvalue weighted by Crippen LogP contribution is 2.38. The Hall–Kier alpha value is -1.38. The average molecular weight is 166 g/mol. The molecule has 0 aromatic heterocycles. The van der Waals surface area contributed by atoms with Crippen molar-refractivity contribution in [1.82, 2.24) is 0 Å². The summed E-state index contributed by atoms with van der Waals surface area (Å²) >= 11 is 0. The van der Waals surface area contributed by atoms with Crippen LogP contribution in [0.5, 0.6) is 11.5 Å². The maximum atomic E-state index is 5.10. The van der Waals surface area contributed by atoms with Crippen LogP contribution >= 0.6 is 0 Å². The van der Waals surface area contributed by atoms with Crippen molar-refractivity contribution in [2.75, 3.05) is 21.3 Å². The standard InChI is InChI=1S/C9H12NO2/c1-10-9-7(11-2)5-4-6-8(9)12-3/h4-6H,1-3H3/q-1. The van der Waals surface area contributed by atoms with E-state index in [2.05, 4.69) is 5.32 Å². The molecule has 3 heteroatoms. The summed E-state index contributed by atoms with van der Waals surface area (Å²) in [6, 6.07) is 5.57. The molecular formula is C9H12NO2-. The van der Waals surface area contributed by atoms with E-state index in [4.69, 9.17) is 9.47 Å². The number of methoxy groups -OCH3 is 2. The lowest BCUT2D eigenvalue weighted by Crippen LogP contribution is -1.88. The van der Waals surface area contributed by atoms with Crippen LogP contribution in [0.15, 0.2) is 18.2 Å². The molecule has 0 saturated carbocycles. The monoisotopic (exact) mass is 166 g/mol. The number of para-hydroxylation sites is 1. The number of benzene rings is 1. The van der Waals surface area contributed by atoms with Crippen LogP contribution in [-0.2, 0) is 0 Å². The van der Waals surface area contributed by atoms with Crippen LogP contribution in [0.2, 0.25) is 0 Å². The molecule has 0 radical (unpaired) electrons. The molecule has 3 nitrogen and oxygen atoms in total. The SMILES string of the molecule is C[N-]c1c(OC)cccc1OC. The van der Waals surface area contributed by atoms with Gasteiger partial charge in [-0.15, -0.1) is 7.05 Å². The first kappa shape index (κ1) is 8.71. The Morgan fingerprint density at radius 2 is 1.58 bits per heavy atom. The Labute approximate surface area is 72.3 Å². The molecule has 66 valence electrons. The molecule has 0 fully saturated rings. The summed E-state index contributed by atoms with van der Waals surface area (Å²) < 4.78 is 10.2. The maximum absolute atomic E-state index is 5.10. The fourth-order valence-electron chi connectivity index (χ4n) is 1.05. The third-order valence-electron chi connectivity index (χ3n) is 1.63. The molecule has 0 spiro atoms. The molecule has 1 aromatic rings. The van der Waals surface area contributed by atoms with E-state index in [0.29, 0.717) is 0 Å². The molecule has 12 heavy (non-hydrogen) atoms. The second-order valence-electron chi connectivity index (χ2n) is 2.23. The van der Waals surface area contributed by atoms with E-state index in [1.54, 1.807) is 21.3 Å². The number of hydrogen-bond acceptors (Lipinski definition) is 2. The summed E-state index contributed by atoms with van der Waals surface area (Å²) in [6.07, 6.45) is 0. The van der Waals surface area contributed by atoms with Crippen LogP contribution in [-0.4, -0.2) is 21.3 Å². The van der Waals surface area contributed by atoms with Gasteiger partial charge in [0.2, 0.25) is 0 Å². The minimum atomic E-state index is 0.733. The first-order valence-electron chi connectivity index (χ1n) is 3.64. The Balaban J connectivity index is 3.13. The quantitative estimate of drug-likeness (QED) is 0.690. The van der Waals surface area contributed by atoms with E-state index in [-0.39, 0.29) is 0 Å². The Kier molecular flexibility index (Phi) is 2.80. The number of hydrogen-bond donors (Lipinski definition) is 0. The van der Waals surface area contributed by atoms with Crippen LogP contribution in [0.25, 0.3) is 5.32 Å². The summed E-state index contributed by atoms with van der Waals surface area (Å²) in [4.78, 5) is 0. The highest BCUT2D eigenvalue weighted by Gasteiger charge is 1.98.